The van der Waals surface area contributed by atoms with E-state index in [4.69, 9.17) is 17.3 Å². The van der Waals surface area contributed by atoms with Crippen molar-refractivity contribution in [1.82, 2.24) is 5.32 Å². The molecule has 0 radical (unpaired) electrons. The first-order valence-electron chi connectivity index (χ1n) is 6.62. The van der Waals surface area contributed by atoms with Crippen LogP contribution < -0.4 is 11.1 Å². The topological polar surface area (TPSA) is 38.0 Å². The van der Waals surface area contributed by atoms with Crippen LogP contribution in [0.2, 0.25) is 5.02 Å². The number of halogens is 1. The average Bonchev–Trinajstić information content (AvgIpc) is 2.29. The van der Waals surface area contributed by atoms with Crippen molar-refractivity contribution in [3.05, 3.63) is 34.9 Å². The molecule has 1 rings (SSSR count). The number of rotatable bonds is 7. The van der Waals surface area contributed by atoms with Gasteiger partial charge in [0.15, 0.2) is 0 Å². The van der Waals surface area contributed by atoms with Crippen LogP contribution in [0.1, 0.15) is 32.8 Å². The first-order valence-corrected chi connectivity index (χ1v) is 7.00. The third kappa shape index (κ3) is 4.97. The van der Waals surface area contributed by atoms with Crippen molar-refractivity contribution in [2.45, 2.75) is 32.6 Å². The SMILES string of the molecule is CC(CCN)CNCC(C)(C)c1ccc(Cl)cc1. The van der Waals surface area contributed by atoms with E-state index in [9.17, 15) is 0 Å². The Bertz CT molecular complexity index is 346. The number of nitrogens with two attached hydrogens (primary N) is 1. The standard InChI is InChI=1S/C15H25ClN2/c1-12(8-9-17)10-18-11-15(2,3)13-4-6-14(16)7-5-13/h4-7,12,18H,8-11,17H2,1-3H3. The molecule has 0 aliphatic rings. The van der Waals surface area contributed by atoms with Crippen LogP contribution in [0.25, 0.3) is 0 Å². The molecule has 0 fully saturated rings. The highest BCUT2D eigenvalue weighted by Gasteiger charge is 2.20. The van der Waals surface area contributed by atoms with Crippen LogP contribution >= 0.6 is 11.6 Å². The van der Waals surface area contributed by atoms with Gasteiger partial charge in [0.2, 0.25) is 0 Å². The van der Waals surface area contributed by atoms with E-state index in [-0.39, 0.29) is 5.41 Å². The number of hydrogen-bond donors (Lipinski definition) is 2. The Kier molecular flexibility index (Phi) is 6.13. The van der Waals surface area contributed by atoms with E-state index in [1.807, 2.05) is 12.1 Å². The molecule has 0 aliphatic carbocycles. The molecule has 0 spiro atoms. The summed E-state index contributed by atoms with van der Waals surface area (Å²) in [6, 6.07) is 8.12. The van der Waals surface area contributed by atoms with Crippen LogP contribution in [0.3, 0.4) is 0 Å². The first-order chi connectivity index (χ1) is 8.45. The summed E-state index contributed by atoms with van der Waals surface area (Å²) >= 11 is 5.91. The molecule has 0 bridgehead atoms. The van der Waals surface area contributed by atoms with Crippen molar-refractivity contribution in [3.63, 3.8) is 0 Å². The van der Waals surface area contributed by atoms with E-state index >= 15 is 0 Å². The normalized spacial score (nSPS) is 13.6. The molecular weight excluding hydrogens is 244 g/mol. The minimum absolute atomic E-state index is 0.118. The Morgan fingerprint density at radius 3 is 2.44 bits per heavy atom. The lowest BCUT2D eigenvalue weighted by Gasteiger charge is -2.26. The second-order valence-corrected chi connectivity index (χ2v) is 6.14. The summed E-state index contributed by atoms with van der Waals surface area (Å²) in [5.41, 5.74) is 6.98. The van der Waals surface area contributed by atoms with Crippen LogP contribution in [-0.2, 0) is 5.41 Å². The fourth-order valence-corrected chi connectivity index (χ4v) is 2.15. The Morgan fingerprint density at radius 1 is 1.28 bits per heavy atom. The molecule has 102 valence electrons. The minimum atomic E-state index is 0.118. The van der Waals surface area contributed by atoms with Crippen molar-refractivity contribution in [3.8, 4) is 0 Å². The number of nitrogens with one attached hydrogen (secondary N) is 1. The van der Waals surface area contributed by atoms with Gasteiger partial charge < -0.3 is 11.1 Å². The zero-order valence-electron chi connectivity index (χ0n) is 11.7. The maximum Gasteiger partial charge on any atom is 0.0406 e. The second-order valence-electron chi connectivity index (χ2n) is 5.70. The van der Waals surface area contributed by atoms with Crippen molar-refractivity contribution in [1.29, 1.82) is 0 Å². The maximum atomic E-state index is 5.91. The molecule has 1 aromatic carbocycles. The van der Waals surface area contributed by atoms with Crippen LogP contribution in [0.15, 0.2) is 24.3 Å². The van der Waals surface area contributed by atoms with Crippen molar-refractivity contribution in [2.75, 3.05) is 19.6 Å². The largest absolute Gasteiger partial charge is 0.330 e. The lowest BCUT2D eigenvalue weighted by Crippen LogP contribution is -2.35. The highest BCUT2D eigenvalue weighted by Crippen LogP contribution is 2.23. The number of hydrogen-bond acceptors (Lipinski definition) is 2. The van der Waals surface area contributed by atoms with Crippen LogP contribution in [-0.4, -0.2) is 19.6 Å². The van der Waals surface area contributed by atoms with E-state index in [1.165, 1.54) is 5.56 Å². The molecule has 0 heterocycles. The summed E-state index contributed by atoms with van der Waals surface area (Å²) in [5, 5.41) is 4.33. The van der Waals surface area contributed by atoms with Crippen LogP contribution in [0, 0.1) is 5.92 Å². The molecule has 2 nitrogen and oxygen atoms in total. The predicted molar refractivity (Wildman–Crippen MR) is 80.2 cm³/mol. The van der Waals surface area contributed by atoms with Gasteiger partial charge in [-0.25, -0.2) is 0 Å². The second kappa shape index (κ2) is 7.13. The van der Waals surface area contributed by atoms with Crippen LogP contribution in [0.4, 0.5) is 0 Å². The van der Waals surface area contributed by atoms with Gasteiger partial charge in [-0.3, -0.25) is 0 Å². The zero-order valence-corrected chi connectivity index (χ0v) is 12.4. The van der Waals surface area contributed by atoms with Gasteiger partial charge in [-0.1, -0.05) is 44.5 Å². The lowest BCUT2D eigenvalue weighted by molar-refractivity contribution is 0.422. The molecule has 1 aromatic rings. The molecule has 3 heteroatoms. The van der Waals surface area contributed by atoms with Crippen molar-refractivity contribution >= 4 is 11.6 Å². The average molecular weight is 269 g/mol. The van der Waals surface area contributed by atoms with E-state index in [2.05, 4.69) is 38.2 Å². The third-order valence-electron chi connectivity index (χ3n) is 3.34. The molecule has 0 saturated heterocycles. The molecular formula is C15H25ClN2. The summed E-state index contributed by atoms with van der Waals surface area (Å²) in [4.78, 5) is 0. The molecule has 3 N–H and O–H groups in total. The van der Waals surface area contributed by atoms with Crippen LogP contribution in [0.5, 0.6) is 0 Å². The van der Waals surface area contributed by atoms with Gasteiger partial charge in [-0.15, -0.1) is 0 Å². The summed E-state index contributed by atoms with van der Waals surface area (Å²) in [5.74, 6) is 0.635. The van der Waals surface area contributed by atoms with E-state index in [0.717, 1.165) is 31.1 Å². The van der Waals surface area contributed by atoms with Gasteiger partial charge in [-0.2, -0.15) is 0 Å². The molecule has 1 atom stereocenters. The van der Waals surface area contributed by atoms with E-state index < -0.39 is 0 Å². The van der Waals surface area contributed by atoms with E-state index in [0.29, 0.717) is 5.92 Å². The Hall–Kier alpha value is -0.570. The molecule has 1 unspecified atom stereocenters. The summed E-state index contributed by atoms with van der Waals surface area (Å²) < 4.78 is 0. The quantitative estimate of drug-likeness (QED) is 0.797. The fraction of sp³-hybridized carbons (Fsp3) is 0.600. The van der Waals surface area contributed by atoms with Gasteiger partial charge >= 0.3 is 0 Å². The van der Waals surface area contributed by atoms with Gasteiger partial charge in [0.1, 0.15) is 0 Å². The van der Waals surface area contributed by atoms with Gasteiger partial charge in [0.25, 0.3) is 0 Å². The smallest absolute Gasteiger partial charge is 0.0406 e. The summed E-state index contributed by atoms with van der Waals surface area (Å²) in [7, 11) is 0. The molecule has 0 amide bonds. The monoisotopic (exact) mass is 268 g/mol. The van der Waals surface area contributed by atoms with Crippen molar-refractivity contribution in [2.24, 2.45) is 11.7 Å². The van der Waals surface area contributed by atoms with Gasteiger partial charge in [0.05, 0.1) is 0 Å². The zero-order chi connectivity index (χ0) is 13.6. The predicted octanol–water partition coefficient (Wildman–Crippen LogP) is 3.19. The van der Waals surface area contributed by atoms with Gasteiger partial charge in [-0.05, 0) is 43.1 Å². The Morgan fingerprint density at radius 2 is 1.89 bits per heavy atom. The Balaban J connectivity index is 2.46. The first kappa shape index (κ1) is 15.5. The summed E-state index contributed by atoms with van der Waals surface area (Å²) in [6.45, 7) is 9.48. The molecule has 0 aliphatic heterocycles. The lowest BCUT2D eigenvalue weighted by atomic mass is 9.84. The maximum absolute atomic E-state index is 5.91. The highest BCUT2D eigenvalue weighted by molar-refractivity contribution is 6.30. The molecule has 18 heavy (non-hydrogen) atoms. The van der Waals surface area contributed by atoms with E-state index in [1.54, 1.807) is 0 Å². The molecule has 0 saturated carbocycles. The minimum Gasteiger partial charge on any atom is -0.330 e. The van der Waals surface area contributed by atoms with Gasteiger partial charge in [0, 0.05) is 17.0 Å². The number of benzene rings is 1. The summed E-state index contributed by atoms with van der Waals surface area (Å²) in [6.07, 6.45) is 1.08. The highest BCUT2D eigenvalue weighted by atomic mass is 35.5. The third-order valence-corrected chi connectivity index (χ3v) is 3.60. The van der Waals surface area contributed by atoms with Crippen molar-refractivity contribution < 1.29 is 0 Å². The molecule has 0 aromatic heterocycles. The Labute approximate surface area is 116 Å². The fourth-order valence-electron chi connectivity index (χ4n) is 2.02.